The first kappa shape index (κ1) is 17.2. The van der Waals surface area contributed by atoms with Crippen LogP contribution in [0.1, 0.15) is 32.8 Å². The average Bonchev–Trinajstić information content (AvgIpc) is 2.46. The molecule has 0 saturated carbocycles. The van der Waals surface area contributed by atoms with Gasteiger partial charge in [-0.3, -0.25) is 0 Å². The molecule has 0 fully saturated rings. The number of carbonyl (C=O) groups is 1. The van der Waals surface area contributed by atoms with Crippen LogP contribution in [-0.2, 0) is 24.8 Å². The van der Waals surface area contributed by atoms with Gasteiger partial charge in [-0.25, -0.2) is 13.2 Å². The molecule has 1 aromatic carbocycles. The van der Waals surface area contributed by atoms with Crippen LogP contribution in [-0.4, -0.2) is 26.7 Å². The van der Waals surface area contributed by atoms with Gasteiger partial charge in [0.1, 0.15) is 0 Å². The first-order chi connectivity index (χ1) is 9.81. The zero-order valence-electron chi connectivity index (χ0n) is 12.4. The lowest BCUT2D eigenvalue weighted by Gasteiger charge is -2.20. The van der Waals surface area contributed by atoms with Crippen LogP contribution in [0.2, 0.25) is 0 Å². The third kappa shape index (κ3) is 3.61. The number of hydrogen-bond donors (Lipinski definition) is 0. The second kappa shape index (κ2) is 6.72. The zero-order chi connectivity index (χ0) is 16.1. The number of rotatable bonds is 6. The fourth-order valence-corrected chi connectivity index (χ4v) is 3.21. The fraction of sp³-hybridized carbons (Fsp3) is 0.467. The molecule has 21 heavy (non-hydrogen) atoms. The summed E-state index contributed by atoms with van der Waals surface area (Å²) >= 11 is 0. The van der Waals surface area contributed by atoms with Crippen LogP contribution in [0.15, 0.2) is 29.2 Å². The second-order valence-corrected chi connectivity index (χ2v) is 6.91. The van der Waals surface area contributed by atoms with Crippen LogP contribution in [0.5, 0.6) is 0 Å². The summed E-state index contributed by atoms with van der Waals surface area (Å²) in [5.74, 6) is -0.573. The maximum atomic E-state index is 11.9. The standard InChI is InChI=1S/C15H19NO4S/c1-4-10-21(18,19)13-8-6-12(7-9-13)15(3,11-16)14(17)20-5-2/h6-9H,4-5,10H2,1-3H3. The predicted molar refractivity (Wildman–Crippen MR) is 78.4 cm³/mol. The predicted octanol–water partition coefficient (Wildman–Crippen LogP) is 2.21. The smallest absolute Gasteiger partial charge is 0.330 e. The molecule has 0 spiro atoms. The molecule has 0 N–H and O–H groups in total. The molecule has 0 radical (unpaired) electrons. The third-order valence-electron chi connectivity index (χ3n) is 3.17. The third-order valence-corrected chi connectivity index (χ3v) is 5.11. The van der Waals surface area contributed by atoms with Crippen LogP contribution in [0.3, 0.4) is 0 Å². The molecule has 0 aromatic heterocycles. The summed E-state index contributed by atoms with van der Waals surface area (Å²) in [4.78, 5) is 12.1. The largest absolute Gasteiger partial charge is 0.465 e. The van der Waals surface area contributed by atoms with Gasteiger partial charge in [-0.15, -0.1) is 0 Å². The second-order valence-electron chi connectivity index (χ2n) is 4.80. The molecule has 0 bridgehead atoms. The Labute approximate surface area is 125 Å². The molecule has 1 rings (SSSR count). The Morgan fingerprint density at radius 2 is 1.86 bits per heavy atom. The molecule has 0 aliphatic rings. The minimum absolute atomic E-state index is 0.0692. The number of nitrogens with zero attached hydrogens (tertiary/aromatic N) is 1. The van der Waals surface area contributed by atoms with Gasteiger partial charge in [0.05, 0.1) is 23.3 Å². The molecule has 0 aliphatic heterocycles. The summed E-state index contributed by atoms with van der Waals surface area (Å²) < 4.78 is 28.8. The van der Waals surface area contributed by atoms with Gasteiger partial charge >= 0.3 is 5.97 Å². The van der Waals surface area contributed by atoms with E-state index >= 15 is 0 Å². The summed E-state index contributed by atoms with van der Waals surface area (Å²) in [5, 5.41) is 9.28. The minimum atomic E-state index is -3.31. The van der Waals surface area contributed by atoms with E-state index in [1.165, 1.54) is 31.2 Å². The molecule has 0 amide bonds. The van der Waals surface area contributed by atoms with Crippen molar-refractivity contribution in [3.8, 4) is 6.07 Å². The number of nitriles is 1. The normalized spacial score (nSPS) is 14.0. The van der Waals surface area contributed by atoms with Crippen molar-refractivity contribution in [2.24, 2.45) is 0 Å². The molecule has 1 aromatic rings. The number of hydrogen-bond acceptors (Lipinski definition) is 5. The quantitative estimate of drug-likeness (QED) is 0.752. The highest BCUT2D eigenvalue weighted by molar-refractivity contribution is 7.91. The first-order valence-electron chi connectivity index (χ1n) is 6.73. The van der Waals surface area contributed by atoms with Gasteiger partial charge in [0, 0.05) is 0 Å². The van der Waals surface area contributed by atoms with Gasteiger partial charge in [0.15, 0.2) is 15.3 Å². The van der Waals surface area contributed by atoms with E-state index in [2.05, 4.69) is 0 Å². The van der Waals surface area contributed by atoms with E-state index in [-0.39, 0.29) is 17.3 Å². The highest BCUT2D eigenvalue weighted by Crippen LogP contribution is 2.26. The number of ether oxygens (including phenoxy) is 1. The van der Waals surface area contributed by atoms with Gasteiger partial charge in [-0.2, -0.15) is 5.26 Å². The lowest BCUT2D eigenvalue weighted by molar-refractivity contribution is -0.147. The lowest BCUT2D eigenvalue weighted by Crippen LogP contribution is -2.32. The van der Waals surface area contributed by atoms with Crippen LogP contribution >= 0.6 is 0 Å². The van der Waals surface area contributed by atoms with Crippen molar-refractivity contribution in [1.29, 1.82) is 5.26 Å². The molecule has 1 unspecified atom stereocenters. The molecular weight excluding hydrogens is 290 g/mol. The maximum Gasteiger partial charge on any atom is 0.330 e. The molecule has 0 aliphatic carbocycles. The van der Waals surface area contributed by atoms with E-state index in [9.17, 15) is 18.5 Å². The van der Waals surface area contributed by atoms with E-state index in [1.807, 2.05) is 6.07 Å². The topological polar surface area (TPSA) is 84.2 Å². The van der Waals surface area contributed by atoms with Crippen LogP contribution < -0.4 is 0 Å². The summed E-state index contributed by atoms with van der Waals surface area (Å²) in [5.41, 5.74) is -1.03. The summed E-state index contributed by atoms with van der Waals surface area (Å²) in [7, 11) is -3.31. The van der Waals surface area contributed by atoms with E-state index < -0.39 is 21.2 Å². The molecule has 1 atom stereocenters. The van der Waals surface area contributed by atoms with Gasteiger partial charge in [0.2, 0.25) is 0 Å². The lowest BCUT2D eigenvalue weighted by atomic mass is 9.84. The van der Waals surface area contributed by atoms with Gasteiger partial charge in [0.25, 0.3) is 0 Å². The van der Waals surface area contributed by atoms with Crippen molar-refractivity contribution >= 4 is 15.8 Å². The fourth-order valence-electron chi connectivity index (χ4n) is 1.89. The highest BCUT2D eigenvalue weighted by atomic mass is 32.2. The summed E-state index contributed by atoms with van der Waals surface area (Å²) in [6.07, 6.45) is 0.531. The summed E-state index contributed by atoms with van der Waals surface area (Å²) in [6, 6.07) is 7.77. The Morgan fingerprint density at radius 3 is 2.29 bits per heavy atom. The number of benzene rings is 1. The van der Waals surface area contributed by atoms with Gasteiger partial charge < -0.3 is 4.74 Å². The van der Waals surface area contributed by atoms with E-state index in [0.29, 0.717) is 12.0 Å². The van der Waals surface area contributed by atoms with Crippen LogP contribution in [0.4, 0.5) is 0 Å². The molecule has 0 saturated heterocycles. The minimum Gasteiger partial charge on any atom is -0.465 e. The van der Waals surface area contributed by atoms with E-state index in [0.717, 1.165) is 0 Å². The SMILES string of the molecule is CCCS(=O)(=O)c1ccc(C(C)(C#N)C(=O)OCC)cc1. The van der Waals surface area contributed by atoms with Crippen molar-refractivity contribution in [2.75, 3.05) is 12.4 Å². The van der Waals surface area contributed by atoms with Crippen LogP contribution in [0.25, 0.3) is 0 Å². The van der Waals surface area contributed by atoms with Crippen molar-refractivity contribution in [1.82, 2.24) is 0 Å². The van der Waals surface area contributed by atoms with Crippen molar-refractivity contribution in [2.45, 2.75) is 37.5 Å². The van der Waals surface area contributed by atoms with Crippen molar-refractivity contribution in [3.63, 3.8) is 0 Å². The molecular formula is C15H19NO4S. The molecule has 6 heteroatoms. The van der Waals surface area contributed by atoms with Gasteiger partial charge in [-0.05, 0) is 38.0 Å². The van der Waals surface area contributed by atoms with Crippen LogP contribution in [0, 0.1) is 11.3 Å². The Hall–Kier alpha value is -1.87. The van der Waals surface area contributed by atoms with Crippen molar-refractivity contribution < 1.29 is 17.9 Å². The molecule has 114 valence electrons. The Morgan fingerprint density at radius 1 is 1.29 bits per heavy atom. The Balaban J connectivity index is 3.17. The summed E-state index contributed by atoms with van der Waals surface area (Å²) in [6.45, 7) is 5.09. The molecule has 5 nitrogen and oxygen atoms in total. The number of sulfone groups is 1. The maximum absolute atomic E-state index is 11.9. The van der Waals surface area contributed by atoms with Gasteiger partial charge in [-0.1, -0.05) is 19.1 Å². The van der Waals surface area contributed by atoms with E-state index in [1.54, 1.807) is 13.8 Å². The highest BCUT2D eigenvalue weighted by Gasteiger charge is 2.37. The average molecular weight is 309 g/mol. The van der Waals surface area contributed by atoms with Crippen molar-refractivity contribution in [3.05, 3.63) is 29.8 Å². The van der Waals surface area contributed by atoms with E-state index in [4.69, 9.17) is 4.74 Å². The monoisotopic (exact) mass is 309 g/mol. The number of esters is 1. The Bertz CT molecular complexity index is 643. The number of carbonyl (C=O) groups excluding carboxylic acids is 1. The Kier molecular flexibility index (Phi) is 5.50. The zero-order valence-corrected chi connectivity index (χ0v) is 13.2. The first-order valence-corrected chi connectivity index (χ1v) is 8.38. The molecule has 0 heterocycles.